The molecular weight excluding hydrogens is 354 g/mol. The molecular formula is C19H20BrNO2. The van der Waals surface area contributed by atoms with Crippen LogP contribution >= 0.6 is 15.9 Å². The highest BCUT2D eigenvalue weighted by Crippen LogP contribution is 2.31. The first kappa shape index (κ1) is 17.4. The van der Waals surface area contributed by atoms with Crippen LogP contribution in [0.5, 0.6) is 0 Å². The Kier molecular flexibility index (Phi) is 5.05. The number of nitrogens with one attached hydrogen (secondary N) is 1. The lowest BCUT2D eigenvalue weighted by molar-refractivity contribution is 0.102. The van der Waals surface area contributed by atoms with Gasteiger partial charge in [0, 0.05) is 15.7 Å². The molecule has 0 atom stereocenters. The largest absolute Gasteiger partial charge is 0.322 e. The van der Waals surface area contributed by atoms with Crippen molar-refractivity contribution in [2.75, 3.05) is 5.32 Å². The second-order valence-corrected chi connectivity index (χ2v) is 7.36. The van der Waals surface area contributed by atoms with Crippen LogP contribution in [0.2, 0.25) is 0 Å². The number of hydrogen-bond acceptors (Lipinski definition) is 2. The van der Waals surface area contributed by atoms with Gasteiger partial charge in [-0.1, -0.05) is 32.9 Å². The molecule has 0 aliphatic heterocycles. The molecule has 0 saturated heterocycles. The van der Waals surface area contributed by atoms with Gasteiger partial charge in [0.1, 0.15) is 6.29 Å². The molecule has 0 bridgehead atoms. The van der Waals surface area contributed by atoms with E-state index in [1.54, 1.807) is 18.2 Å². The first-order valence-corrected chi connectivity index (χ1v) is 8.19. The summed E-state index contributed by atoms with van der Waals surface area (Å²) in [5, 5.41) is 2.97. The highest BCUT2D eigenvalue weighted by atomic mass is 79.9. The fraction of sp³-hybridized carbons (Fsp3) is 0.263. The number of carbonyl (C=O) groups excluding carboxylic acids is 2. The third-order valence-electron chi connectivity index (χ3n) is 3.67. The van der Waals surface area contributed by atoms with Gasteiger partial charge in [-0.3, -0.25) is 9.59 Å². The van der Waals surface area contributed by atoms with Crippen molar-refractivity contribution >= 4 is 33.8 Å². The van der Waals surface area contributed by atoms with E-state index in [0.29, 0.717) is 11.1 Å². The molecule has 0 aliphatic rings. The zero-order valence-corrected chi connectivity index (χ0v) is 15.3. The molecule has 0 fully saturated rings. The fourth-order valence-corrected chi connectivity index (χ4v) is 2.82. The average Bonchev–Trinajstić information content (AvgIpc) is 2.49. The Morgan fingerprint density at radius 3 is 2.48 bits per heavy atom. The number of amides is 1. The van der Waals surface area contributed by atoms with E-state index in [9.17, 15) is 9.59 Å². The molecule has 3 nitrogen and oxygen atoms in total. The summed E-state index contributed by atoms with van der Waals surface area (Å²) in [7, 11) is 0. The summed E-state index contributed by atoms with van der Waals surface area (Å²) in [5.41, 5.74) is 3.66. The standard InChI is InChI=1S/C19H20BrNO2/c1-12-6-5-7-14(17(12)20)18(23)21-16-9-8-13(11-22)10-15(16)19(2,3)4/h5-11H,1-4H3,(H,21,23). The number of carbonyl (C=O) groups is 2. The zero-order valence-electron chi connectivity index (χ0n) is 13.7. The van der Waals surface area contributed by atoms with Gasteiger partial charge in [-0.25, -0.2) is 0 Å². The maximum Gasteiger partial charge on any atom is 0.256 e. The van der Waals surface area contributed by atoms with Crippen molar-refractivity contribution in [1.82, 2.24) is 0 Å². The first-order valence-electron chi connectivity index (χ1n) is 7.40. The Morgan fingerprint density at radius 2 is 1.87 bits per heavy atom. The predicted molar refractivity (Wildman–Crippen MR) is 97.4 cm³/mol. The summed E-state index contributed by atoms with van der Waals surface area (Å²) in [4.78, 5) is 23.6. The number of rotatable bonds is 3. The molecule has 1 N–H and O–H groups in total. The summed E-state index contributed by atoms with van der Waals surface area (Å²) < 4.78 is 0.791. The first-order chi connectivity index (χ1) is 10.7. The van der Waals surface area contributed by atoms with Crippen LogP contribution in [0.15, 0.2) is 40.9 Å². The van der Waals surface area contributed by atoms with Gasteiger partial charge >= 0.3 is 0 Å². The molecule has 23 heavy (non-hydrogen) atoms. The molecule has 1 amide bonds. The third kappa shape index (κ3) is 3.88. The van der Waals surface area contributed by atoms with E-state index in [1.807, 2.05) is 25.1 Å². The average molecular weight is 374 g/mol. The van der Waals surface area contributed by atoms with Crippen LogP contribution in [-0.2, 0) is 5.41 Å². The number of benzene rings is 2. The van der Waals surface area contributed by atoms with Crippen molar-refractivity contribution in [2.45, 2.75) is 33.1 Å². The van der Waals surface area contributed by atoms with E-state index >= 15 is 0 Å². The van der Waals surface area contributed by atoms with Crippen LogP contribution in [0.3, 0.4) is 0 Å². The molecule has 4 heteroatoms. The molecule has 0 unspecified atom stereocenters. The van der Waals surface area contributed by atoms with Gasteiger partial charge in [-0.2, -0.15) is 0 Å². The number of aldehydes is 1. The molecule has 0 spiro atoms. The summed E-state index contributed by atoms with van der Waals surface area (Å²) in [6.07, 6.45) is 0.817. The predicted octanol–water partition coefficient (Wildman–Crippen LogP) is 5.12. The molecule has 2 rings (SSSR count). The minimum absolute atomic E-state index is 0.176. The Balaban J connectivity index is 2.42. The molecule has 2 aromatic carbocycles. The van der Waals surface area contributed by atoms with Gasteiger partial charge in [0.05, 0.1) is 5.56 Å². The number of halogens is 1. The van der Waals surface area contributed by atoms with Crippen molar-refractivity contribution in [1.29, 1.82) is 0 Å². The summed E-state index contributed by atoms with van der Waals surface area (Å²) in [6.45, 7) is 8.10. The van der Waals surface area contributed by atoms with Crippen LogP contribution < -0.4 is 5.32 Å². The SMILES string of the molecule is Cc1cccc(C(=O)Nc2ccc(C=O)cc2C(C)(C)C)c1Br. The van der Waals surface area contributed by atoms with E-state index in [1.165, 1.54) is 0 Å². The maximum atomic E-state index is 12.6. The molecule has 0 saturated carbocycles. The minimum atomic E-state index is -0.189. The van der Waals surface area contributed by atoms with Crippen LogP contribution in [-0.4, -0.2) is 12.2 Å². The lowest BCUT2D eigenvalue weighted by Crippen LogP contribution is -2.19. The van der Waals surface area contributed by atoms with Gasteiger partial charge in [0.25, 0.3) is 5.91 Å². The lowest BCUT2D eigenvalue weighted by atomic mass is 9.85. The van der Waals surface area contributed by atoms with Crippen molar-refractivity contribution in [3.05, 3.63) is 63.1 Å². The quantitative estimate of drug-likeness (QED) is 0.758. The number of anilines is 1. The van der Waals surface area contributed by atoms with E-state index < -0.39 is 0 Å². The van der Waals surface area contributed by atoms with Crippen molar-refractivity contribution in [3.8, 4) is 0 Å². The van der Waals surface area contributed by atoms with E-state index in [2.05, 4.69) is 42.0 Å². The maximum absolute atomic E-state index is 12.6. The summed E-state index contributed by atoms with van der Waals surface area (Å²) >= 11 is 3.47. The monoisotopic (exact) mass is 373 g/mol. The van der Waals surface area contributed by atoms with Crippen LogP contribution in [0.1, 0.15) is 52.6 Å². The second-order valence-electron chi connectivity index (χ2n) is 6.56. The van der Waals surface area contributed by atoms with E-state index in [-0.39, 0.29) is 11.3 Å². The Hall–Kier alpha value is -1.94. The van der Waals surface area contributed by atoms with E-state index in [4.69, 9.17) is 0 Å². The normalized spacial score (nSPS) is 11.2. The third-order valence-corrected chi connectivity index (χ3v) is 4.72. The van der Waals surface area contributed by atoms with Crippen molar-refractivity contribution in [2.24, 2.45) is 0 Å². The Bertz CT molecular complexity index is 760. The Morgan fingerprint density at radius 1 is 1.17 bits per heavy atom. The highest BCUT2D eigenvalue weighted by Gasteiger charge is 2.21. The molecule has 120 valence electrons. The van der Waals surface area contributed by atoms with Gasteiger partial charge in [-0.15, -0.1) is 0 Å². The smallest absolute Gasteiger partial charge is 0.256 e. The van der Waals surface area contributed by atoms with Crippen LogP contribution in [0, 0.1) is 6.92 Å². The number of aryl methyl sites for hydroxylation is 1. The number of hydrogen-bond donors (Lipinski definition) is 1. The van der Waals surface area contributed by atoms with Crippen molar-refractivity contribution < 1.29 is 9.59 Å². The van der Waals surface area contributed by atoms with E-state index in [0.717, 1.165) is 27.6 Å². The van der Waals surface area contributed by atoms with Gasteiger partial charge in [0.15, 0.2) is 0 Å². The minimum Gasteiger partial charge on any atom is -0.322 e. The van der Waals surface area contributed by atoms with Crippen LogP contribution in [0.4, 0.5) is 5.69 Å². The summed E-state index contributed by atoms with van der Waals surface area (Å²) in [5.74, 6) is -0.176. The fourth-order valence-electron chi connectivity index (χ4n) is 2.38. The van der Waals surface area contributed by atoms with Crippen LogP contribution in [0.25, 0.3) is 0 Å². The molecule has 0 aliphatic carbocycles. The molecule has 0 heterocycles. The van der Waals surface area contributed by atoms with Gasteiger partial charge in [0.2, 0.25) is 0 Å². The zero-order chi connectivity index (χ0) is 17.2. The second kappa shape index (κ2) is 6.67. The summed E-state index contributed by atoms with van der Waals surface area (Å²) in [6, 6.07) is 10.9. The van der Waals surface area contributed by atoms with Gasteiger partial charge < -0.3 is 5.32 Å². The molecule has 0 radical (unpaired) electrons. The molecule has 0 aromatic heterocycles. The highest BCUT2D eigenvalue weighted by molar-refractivity contribution is 9.10. The Labute approximate surface area is 145 Å². The van der Waals surface area contributed by atoms with Crippen molar-refractivity contribution in [3.63, 3.8) is 0 Å². The van der Waals surface area contributed by atoms with Gasteiger partial charge in [-0.05, 0) is 63.7 Å². The molecule has 2 aromatic rings. The topological polar surface area (TPSA) is 46.2 Å². The lowest BCUT2D eigenvalue weighted by Gasteiger charge is -2.23.